The number of esters is 1. The molecule has 18 heavy (non-hydrogen) atoms. The maximum absolute atomic E-state index is 11.9. The first-order valence-corrected chi connectivity index (χ1v) is 5.84. The van der Waals surface area contributed by atoms with Gasteiger partial charge in [0.05, 0.1) is 5.56 Å². The first-order valence-electron chi connectivity index (χ1n) is 5.84. The third kappa shape index (κ3) is 2.76. The van der Waals surface area contributed by atoms with Gasteiger partial charge in [-0.2, -0.15) is 0 Å². The summed E-state index contributed by atoms with van der Waals surface area (Å²) >= 11 is 0. The molecule has 0 bridgehead atoms. The van der Waals surface area contributed by atoms with Crippen LogP contribution in [0.3, 0.4) is 0 Å². The lowest BCUT2D eigenvalue weighted by molar-refractivity contribution is 0.0517. The average Bonchev–Trinajstić information content (AvgIpc) is 2.45. The lowest BCUT2D eigenvalue weighted by atomic mass is 10.00. The number of carbonyl (C=O) groups is 1. The van der Waals surface area contributed by atoms with Crippen LogP contribution in [-0.2, 0) is 4.74 Å². The summed E-state index contributed by atoms with van der Waals surface area (Å²) < 4.78 is 5.08. The molecule has 0 aromatic heterocycles. The van der Waals surface area contributed by atoms with E-state index in [0.29, 0.717) is 12.1 Å². The fourth-order valence-electron chi connectivity index (χ4n) is 1.76. The van der Waals surface area contributed by atoms with E-state index in [1.54, 1.807) is 6.07 Å². The van der Waals surface area contributed by atoms with Crippen LogP contribution in [0.15, 0.2) is 54.6 Å². The monoisotopic (exact) mass is 241 g/mol. The second-order valence-corrected chi connectivity index (χ2v) is 3.84. The van der Waals surface area contributed by atoms with Crippen molar-refractivity contribution in [2.75, 3.05) is 13.2 Å². The van der Waals surface area contributed by atoms with Crippen molar-refractivity contribution in [2.24, 2.45) is 5.73 Å². The maximum Gasteiger partial charge on any atom is 0.338 e. The molecule has 2 rings (SSSR count). The van der Waals surface area contributed by atoms with Gasteiger partial charge in [0.2, 0.25) is 0 Å². The van der Waals surface area contributed by atoms with Gasteiger partial charge in [0, 0.05) is 6.54 Å². The number of ether oxygens (including phenoxy) is 1. The van der Waals surface area contributed by atoms with Crippen LogP contribution in [0.5, 0.6) is 0 Å². The van der Waals surface area contributed by atoms with Gasteiger partial charge < -0.3 is 10.5 Å². The second-order valence-electron chi connectivity index (χ2n) is 3.84. The van der Waals surface area contributed by atoms with Gasteiger partial charge >= 0.3 is 5.97 Å². The predicted molar refractivity (Wildman–Crippen MR) is 71.2 cm³/mol. The molecule has 3 nitrogen and oxygen atoms in total. The number of hydrogen-bond acceptors (Lipinski definition) is 3. The number of nitrogens with two attached hydrogens (primary N) is 1. The number of benzene rings is 2. The zero-order valence-corrected chi connectivity index (χ0v) is 10.0. The highest BCUT2D eigenvalue weighted by Gasteiger charge is 2.12. The van der Waals surface area contributed by atoms with Crippen LogP contribution in [-0.4, -0.2) is 19.1 Å². The molecule has 0 atom stereocenters. The molecular weight excluding hydrogens is 226 g/mol. The quantitative estimate of drug-likeness (QED) is 0.836. The summed E-state index contributed by atoms with van der Waals surface area (Å²) in [5.74, 6) is -0.333. The zero-order valence-electron chi connectivity index (χ0n) is 10.0. The predicted octanol–water partition coefficient (Wildman–Crippen LogP) is 2.47. The fraction of sp³-hybridized carbons (Fsp3) is 0.133. The summed E-state index contributed by atoms with van der Waals surface area (Å²) in [5.41, 5.74) is 7.77. The Morgan fingerprint density at radius 1 is 1.00 bits per heavy atom. The van der Waals surface area contributed by atoms with Gasteiger partial charge in [-0.25, -0.2) is 4.79 Å². The highest BCUT2D eigenvalue weighted by atomic mass is 16.5. The topological polar surface area (TPSA) is 52.3 Å². The molecule has 0 fully saturated rings. The van der Waals surface area contributed by atoms with Crippen LogP contribution in [0.2, 0.25) is 0 Å². The van der Waals surface area contributed by atoms with Crippen LogP contribution in [0.25, 0.3) is 11.1 Å². The third-order valence-corrected chi connectivity index (χ3v) is 2.58. The highest BCUT2D eigenvalue weighted by molar-refractivity contribution is 5.97. The third-order valence-electron chi connectivity index (χ3n) is 2.58. The molecular formula is C15H15NO2. The summed E-state index contributed by atoms with van der Waals surface area (Å²) in [6.07, 6.45) is 0. The van der Waals surface area contributed by atoms with E-state index in [0.717, 1.165) is 11.1 Å². The van der Waals surface area contributed by atoms with Gasteiger partial charge in [0.1, 0.15) is 6.61 Å². The fourth-order valence-corrected chi connectivity index (χ4v) is 1.76. The molecule has 0 aliphatic rings. The Kier molecular flexibility index (Phi) is 4.10. The molecule has 2 aromatic rings. The highest BCUT2D eigenvalue weighted by Crippen LogP contribution is 2.23. The van der Waals surface area contributed by atoms with E-state index in [1.165, 1.54) is 0 Å². The Bertz CT molecular complexity index is 523. The van der Waals surface area contributed by atoms with Crippen molar-refractivity contribution >= 4 is 5.97 Å². The number of carbonyl (C=O) groups excluding carboxylic acids is 1. The molecule has 0 spiro atoms. The van der Waals surface area contributed by atoms with E-state index in [1.807, 2.05) is 48.5 Å². The first kappa shape index (κ1) is 12.3. The van der Waals surface area contributed by atoms with Crippen molar-refractivity contribution in [3.63, 3.8) is 0 Å². The van der Waals surface area contributed by atoms with Gasteiger partial charge in [-0.1, -0.05) is 48.5 Å². The minimum atomic E-state index is -0.333. The molecule has 92 valence electrons. The summed E-state index contributed by atoms with van der Waals surface area (Å²) in [7, 11) is 0. The minimum absolute atomic E-state index is 0.238. The summed E-state index contributed by atoms with van der Waals surface area (Å²) in [6.45, 7) is 0.571. The normalized spacial score (nSPS) is 10.1. The van der Waals surface area contributed by atoms with E-state index in [2.05, 4.69) is 0 Å². The SMILES string of the molecule is NCCOC(=O)c1ccccc1-c1ccccc1. The summed E-state index contributed by atoms with van der Waals surface area (Å²) in [5, 5.41) is 0. The van der Waals surface area contributed by atoms with Gasteiger partial charge in [0.15, 0.2) is 0 Å². The Morgan fingerprint density at radius 3 is 2.39 bits per heavy atom. The number of rotatable bonds is 4. The van der Waals surface area contributed by atoms with Gasteiger partial charge in [-0.05, 0) is 17.2 Å². The number of hydrogen-bond donors (Lipinski definition) is 1. The standard InChI is InChI=1S/C15H15NO2/c16-10-11-18-15(17)14-9-5-4-8-13(14)12-6-2-1-3-7-12/h1-9H,10-11,16H2. The second kappa shape index (κ2) is 5.98. The summed E-state index contributed by atoms with van der Waals surface area (Å²) in [6, 6.07) is 17.2. The molecule has 0 radical (unpaired) electrons. The molecule has 0 saturated carbocycles. The average molecular weight is 241 g/mol. The van der Waals surface area contributed by atoms with Crippen LogP contribution >= 0.6 is 0 Å². The van der Waals surface area contributed by atoms with Crippen molar-refractivity contribution in [1.29, 1.82) is 0 Å². The van der Waals surface area contributed by atoms with Crippen LogP contribution < -0.4 is 5.73 Å². The molecule has 2 N–H and O–H groups in total. The maximum atomic E-state index is 11.9. The summed E-state index contributed by atoms with van der Waals surface area (Å²) in [4.78, 5) is 11.9. The van der Waals surface area contributed by atoms with Crippen LogP contribution in [0, 0.1) is 0 Å². The molecule has 0 heterocycles. The van der Waals surface area contributed by atoms with Gasteiger partial charge in [0.25, 0.3) is 0 Å². The Morgan fingerprint density at radius 2 is 1.67 bits per heavy atom. The van der Waals surface area contributed by atoms with E-state index in [4.69, 9.17) is 10.5 Å². The minimum Gasteiger partial charge on any atom is -0.461 e. The molecule has 0 unspecified atom stereocenters. The Balaban J connectivity index is 2.34. The Labute approximate surface area is 106 Å². The van der Waals surface area contributed by atoms with Crippen LogP contribution in [0.1, 0.15) is 10.4 Å². The smallest absolute Gasteiger partial charge is 0.338 e. The molecule has 3 heteroatoms. The van der Waals surface area contributed by atoms with Crippen molar-refractivity contribution in [1.82, 2.24) is 0 Å². The Hall–Kier alpha value is -2.13. The lowest BCUT2D eigenvalue weighted by Gasteiger charge is -2.09. The van der Waals surface area contributed by atoms with Gasteiger partial charge in [-0.15, -0.1) is 0 Å². The van der Waals surface area contributed by atoms with Crippen molar-refractivity contribution in [3.8, 4) is 11.1 Å². The largest absolute Gasteiger partial charge is 0.461 e. The van der Waals surface area contributed by atoms with E-state index in [9.17, 15) is 4.79 Å². The van der Waals surface area contributed by atoms with Crippen molar-refractivity contribution in [3.05, 3.63) is 60.2 Å². The van der Waals surface area contributed by atoms with Crippen molar-refractivity contribution < 1.29 is 9.53 Å². The zero-order chi connectivity index (χ0) is 12.8. The van der Waals surface area contributed by atoms with E-state index >= 15 is 0 Å². The lowest BCUT2D eigenvalue weighted by Crippen LogP contribution is -2.14. The molecule has 0 aliphatic carbocycles. The van der Waals surface area contributed by atoms with Gasteiger partial charge in [-0.3, -0.25) is 0 Å². The molecule has 0 saturated heterocycles. The molecule has 2 aromatic carbocycles. The molecule has 0 amide bonds. The van der Waals surface area contributed by atoms with E-state index < -0.39 is 0 Å². The van der Waals surface area contributed by atoms with E-state index in [-0.39, 0.29) is 12.6 Å². The van der Waals surface area contributed by atoms with Crippen molar-refractivity contribution in [2.45, 2.75) is 0 Å². The van der Waals surface area contributed by atoms with Crippen LogP contribution in [0.4, 0.5) is 0 Å². The first-order chi connectivity index (χ1) is 8.83. The molecule has 0 aliphatic heterocycles.